The van der Waals surface area contributed by atoms with Crippen molar-refractivity contribution in [1.29, 1.82) is 0 Å². The molecule has 1 fully saturated rings. The Morgan fingerprint density at radius 2 is 1.82 bits per heavy atom. The Morgan fingerprint density at radius 3 is 2.72 bits per heavy atom. The van der Waals surface area contributed by atoms with E-state index < -0.39 is 0 Å². The Balaban J connectivity index is 1.19. The normalized spacial score (nSPS) is 15.1. The molecule has 4 aromatic heterocycles. The maximum Gasteiger partial charge on any atom is 0.138 e. The number of H-pyrrole nitrogens is 1. The number of fused-ring (bicyclic) bond motifs is 2. The van der Waals surface area contributed by atoms with Crippen LogP contribution >= 0.6 is 0 Å². The molecule has 1 saturated heterocycles. The van der Waals surface area contributed by atoms with E-state index in [1.54, 1.807) is 12.4 Å². The van der Waals surface area contributed by atoms with Gasteiger partial charge in [-0.15, -0.1) is 0 Å². The van der Waals surface area contributed by atoms with Gasteiger partial charge in [-0.25, -0.2) is 4.98 Å². The first kappa shape index (κ1) is 23.5. The number of aromatic nitrogens is 4. The van der Waals surface area contributed by atoms with Crippen molar-refractivity contribution in [2.24, 2.45) is 4.99 Å². The highest BCUT2D eigenvalue weighted by Gasteiger charge is 2.21. The second-order valence-electron chi connectivity index (χ2n) is 9.93. The van der Waals surface area contributed by atoms with Crippen molar-refractivity contribution in [2.75, 3.05) is 38.2 Å². The van der Waals surface area contributed by atoms with Crippen LogP contribution in [0, 0.1) is 0 Å². The summed E-state index contributed by atoms with van der Waals surface area (Å²) in [5.74, 6) is 0.761. The molecule has 194 valence electrons. The van der Waals surface area contributed by atoms with Gasteiger partial charge in [0.25, 0.3) is 0 Å². The number of nitrogens with zero attached hydrogens (tertiary/aromatic N) is 5. The monoisotopic (exact) mass is 515 g/mol. The van der Waals surface area contributed by atoms with Crippen molar-refractivity contribution < 1.29 is 4.74 Å². The summed E-state index contributed by atoms with van der Waals surface area (Å²) in [6.45, 7) is 4.43. The third-order valence-corrected chi connectivity index (χ3v) is 7.40. The van der Waals surface area contributed by atoms with Crippen molar-refractivity contribution in [3.8, 4) is 28.1 Å². The number of aromatic amines is 1. The Kier molecular flexibility index (Phi) is 6.22. The molecular weight excluding hydrogens is 486 g/mol. The minimum absolute atomic E-state index is 0.496. The highest BCUT2D eigenvalue weighted by molar-refractivity contribution is 6.17. The molecule has 0 bridgehead atoms. The summed E-state index contributed by atoms with van der Waals surface area (Å²) in [4.78, 5) is 24.6. The number of ether oxygens (including phenoxy) is 1. The molecule has 0 amide bonds. The summed E-state index contributed by atoms with van der Waals surface area (Å²) in [5.41, 5.74) is 8.55. The maximum absolute atomic E-state index is 6.04. The van der Waals surface area contributed by atoms with E-state index in [-0.39, 0.29) is 0 Å². The first-order valence-electron chi connectivity index (χ1n) is 13.4. The molecule has 6 heterocycles. The van der Waals surface area contributed by atoms with Crippen LogP contribution in [0.3, 0.4) is 0 Å². The lowest BCUT2D eigenvalue weighted by Crippen LogP contribution is -2.25. The van der Waals surface area contributed by atoms with Crippen LogP contribution in [0.25, 0.3) is 33.3 Å². The van der Waals surface area contributed by atoms with Crippen molar-refractivity contribution in [3.63, 3.8) is 0 Å². The van der Waals surface area contributed by atoms with Crippen LogP contribution in [-0.2, 0) is 0 Å². The molecule has 0 saturated carbocycles. The molecular formula is C31H29N7O. The number of benzene rings is 1. The van der Waals surface area contributed by atoms with E-state index >= 15 is 0 Å². The molecule has 2 aliphatic heterocycles. The molecule has 1 aromatic carbocycles. The van der Waals surface area contributed by atoms with E-state index in [9.17, 15) is 0 Å². The van der Waals surface area contributed by atoms with Crippen molar-refractivity contribution in [3.05, 3.63) is 90.8 Å². The second-order valence-corrected chi connectivity index (χ2v) is 9.93. The van der Waals surface area contributed by atoms with Crippen LogP contribution in [-0.4, -0.2) is 63.5 Å². The lowest BCUT2D eigenvalue weighted by molar-refractivity contribution is 0.237. The molecule has 5 aromatic rings. The largest absolute Gasteiger partial charge is 0.491 e. The van der Waals surface area contributed by atoms with Crippen molar-refractivity contribution >= 4 is 22.3 Å². The first-order valence-corrected chi connectivity index (χ1v) is 13.4. The maximum atomic E-state index is 6.04. The lowest BCUT2D eigenvalue weighted by Gasteiger charge is -2.18. The van der Waals surface area contributed by atoms with E-state index in [1.807, 2.05) is 30.6 Å². The summed E-state index contributed by atoms with van der Waals surface area (Å²) in [7, 11) is 0. The van der Waals surface area contributed by atoms with E-state index in [0.717, 1.165) is 68.4 Å². The lowest BCUT2D eigenvalue weighted by atomic mass is 10.0. The number of rotatable bonds is 7. The Morgan fingerprint density at radius 1 is 0.897 bits per heavy atom. The predicted molar refractivity (Wildman–Crippen MR) is 154 cm³/mol. The summed E-state index contributed by atoms with van der Waals surface area (Å²) in [6, 6.07) is 18.6. The van der Waals surface area contributed by atoms with Gasteiger partial charge in [0.05, 0.1) is 23.3 Å². The van der Waals surface area contributed by atoms with Crippen LogP contribution < -0.4 is 10.1 Å². The average molecular weight is 516 g/mol. The predicted octanol–water partition coefficient (Wildman–Crippen LogP) is 5.38. The summed E-state index contributed by atoms with van der Waals surface area (Å²) < 4.78 is 6.04. The van der Waals surface area contributed by atoms with Gasteiger partial charge in [0.1, 0.15) is 30.4 Å². The molecule has 0 radical (unpaired) electrons. The topological polar surface area (TPSA) is 91.3 Å². The zero-order valence-electron chi connectivity index (χ0n) is 21.6. The van der Waals surface area contributed by atoms with Gasteiger partial charge in [-0.3, -0.25) is 19.9 Å². The van der Waals surface area contributed by atoms with Gasteiger partial charge >= 0.3 is 0 Å². The molecule has 2 N–H and O–H groups in total. The second kappa shape index (κ2) is 10.3. The van der Waals surface area contributed by atoms with Gasteiger partial charge in [0, 0.05) is 47.2 Å². The quantitative estimate of drug-likeness (QED) is 0.302. The zero-order chi connectivity index (χ0) is 26.0. The molecule has 39 heavy (non-hydrogen) atoms. The number of pyridine rings is 3. The van der Waals surface area contributed by atoms with Gasteiger partial charge in [-0.2, -0.15) is 0 Å². The fourth-order valence-electron chi connectivity index (χ4n) is 5.43. The highest BCUT2D eigenvalue weighted by Crippen LogP contribution is 2.32. The molecule has 0 aliphatic carbocycles. The van der Waals surface area contributed by atoms with E-state index in [1.165, 1.54) is 25.9 Å². The van der Waals surface area contributed by atoms with Crippen LogP contribution in [0.4, 0.5) is 5.69 Å². The molecule has 8 nitrogen and oxygen atoms in total. The highest BCUT2D eigenvalue weighted by atomic mass is 16.5. The molecule has 2 aliphatic rings. The standard InChI is InChI=1S/C31H29N7O/c1-2-12-38(11-1)13-14-39-23-15-22(18-33-19-23)26-8-9-28-31(37-26)30(35-20-34-28)29-16-25-24(6-3-7-27(25)36-29)21-5-4-10-32-17-21/h3-10,15-19,34,36H,1-2,11-14,20H2. The van der Waals surface area contributed by atoms with Crippen LogP contribution in [0.15, 0.2) is 84.4 Å². The Hall–Kier alpha value is -4.56. The van der Waals surface area contributed by atoms with Gasteiger partial charge in [-0.05, 0) is 67.9 Å². The molecule has 7 rings (SSSR count). The van der Waals surface area contributed by atoms with Crippen LogP contribution in [0.2, 0.25) is 0 Å². The molecule has 0 spiro atoms. The van der Waals surface area contributed by atoms with Gasteiger partial charge in [-0.1, -0.05) is 18.2 Å². The smallest absolute Gasteiger partial charge is 0.138 e. The minimum Gasteiger partial charge on any atom is -0.491 e. The fraction of sp³-hybridized carbons (Fsp3) is 0.226. The molecule has 8 heteroatoms. The third-order valence-electron chi connectivity index (χ3n) is 7.40. The number of hydrogen-bond donors (Lipinski definition) is 2. The SMILES string of the molecule is c1cncc(-c2cccc3[nH]c(C4=NCNc5ccc(-c6cncc(OCCN7CCCC7)c6)nc54)cc23)c1. The van der Waals surface area contributed by atoms with Crippen molar-refractivity contribution in [2.45, 2.75) is 12.8 Å². The summed E-state index contributed by atoms with van der Waals surface area (Å²) >= 11 is 0. The molecule has 0 atom stereocenters. The number of hydrogen-bond acceptors (Lipinski definition) is 7. The number of nitrogens with one attached hydrogen (secondary N) is 2. The third kappa shape index (κ3) is 4.75. The fourth-order valence-corrected chi connectivity index (χ4v) is 5.43. The van der Waals surface area contributed by atoms with Gasteiger partial charge < -0.3 is 15.0 Å². The molecule has 0 unspecified atom stereocenters. The summed E-state index contributed by atoms with van der Waals surface area (Å²) in [5, 5.41) is 4.49. The minimum atomic E-state index is 0.496. The van der Waals surface area contributed by atoms with E-state index in [0.29, 0.717) is 13.3 Å². The van der Waals surface area contributed by atoms with Crippen molar-refractivity contribution in [1.82, 2.24) is 24.8 Å². The van der Waals surface area contributed by atoms with E-state index in [4.69, 9.17) is 14.7 Å². The Bertz CT molecular complexity index is 1650. The first-order chi connectivity index (χ1) is 19.3. The van der Waals surface area contributed by atoms with Gasteiger partial charge in [0.15, 0.2) is 0 Å². The number of aliphatic imine (C=N–C) groups is 1. The van der Waals surface area contributed by atoms with Crippen LogP contribution in [0.1, 0.15) is 24.2 Å². The number of anilines is 1. The Labute approximate surface area is 226 Å². The van der Waals surface area contributed by atoms with Gasteiger partial charge in [0.2, 0.25) is 0 Å². The average Bonchev–Trinajstić information content (AvgIpc) is 3.67. The van der Waals surface area contributed by atoms with Crippen LogP contribution in [0.5, 0.6) is 5.75 Å². The number of likely N-dealkylation sites (tertiary alicyclic amines) is 1. The van der Waals surface area contributed by atoms with E-state index in [2.05, 4.69) is 61.6 Å². The zero-order valence-corrected chi connectivity index (χ0v) is 21.6. The summed E-state index contributed by atoms with van der Waals surface area (Å²) in [6.07, 6.45) is 9.85.